The molecular formula is C16H21N3O2. The minimum absolute atomic E-state index is 0.0588. The maximum atomic E-state index is 12.6. The summed E-state index contributed by atoms with van der Waals surface area (Å²) in [5.41, 5.74) is 0.468. The number of aromatic nitrogens is 1. The first-order chi connectivity index (χ1) is 9.88. The van der Waals surface area contributed by atoms with Crippen molar-refractivity contribution >= 4 is 17.5 Å². The Morgan fingerprint density at radius 2 is 2.05 bits per heavy atom. The van der Waals surface area contributed by atoms with Crippen LogP contribution in [-0.4, -0.2) is 41.3 Å². The predicted octanol–water partition coefficient (Wildman–Crippen LogP) is 1.55. The lowest BCUT2D eigenvalue weighted by Crippen LogP contribution is -2.41. The van der Waals surface area contributed by atoms with Gasteiger partial charge in [0.05, 0.1) is 17.8 Å². The van der Waals surface area contributed by atoms with E-state index in [-0.39, 0.29) is 29.1 Å². The monoisotopic (exact) mass is 287 g/mol. The minimum Gasteiger partial charge on any atom is -0.341 e. The molecule has 1 aromatic rings. The average molecular weight is 287 g/mol. The molecule has 2 saturated heterocycles. The van der Waals surface area contributed by atoms with Crippen LogP contribution in [0.25, 0.3) is 0 Å². The summed E-state index contributed by atoms with van der Waals surface area (Å²) in [6.45, 7) is 7.69. The van der Waals surface area contributed by atoms with Gasteiger partial charge in [-0.2, -0.15) is 0 Å². The van der Waals surface area contributed by atoms with E-state index in [2.05, 4.69) is 4.98 Å². The Balaban J connectivity index is 1.73. The summed E-state index contributed by atoms with van der Waals surface area (Å²) in [5.74, 6) is 0.440. The van der Waals surface area contributed by atoms with Crippen LogP contribution in [0.4, 0.5) is 5.69 Å². The molecule has 2 aliphatic rings. The van der Waals surface area contributed by atoms with Gasteiger partial charge in [-0.1, -0.05) is 20.8 Å². The summed E-state index contributed by atoms with van der Waals surface area (Å²) in [6, 6.07) is 3.75. The molecule has 3 heterocycles. The van der Waals surface area contributed by atoms with Crippen LogP contribution in [0.5, 0.6) is 0 Å². The first-order valence-electron chi connectivity index (χ1n) is 7.38. The second-order valence-corrected chi connectivity index (χ2v) is 6.99. The van der Waals surface area contributed by atoms with Crippen LogP contribution in [0.2, 0.25) is 0 Å². The third kappa shape index (κ3) is 2.41. The van der Waals surface area contributed by atoms with Crippen LogP contribution >= 0.6 is 0 Å². The number of hydrogen-bond acceptors (Lipinski definition) is 3. The lowest BCUT2D eigenvalue weighted by Gasteiger charge is -2.27. The minimum atomic E-state index is -0.384. The van der Waals surface area contributed by atoms with Crippen molar-refractivity contribution in [3.05, 3.63) is 24.5 Å². The number of fused-ring (bicyclic) bond motifs is 1. The van der Waals surface area contributed by atoms with E-state index < -0.39 is 0 Å². The smallest absolute Gasteiger partial charge is 0.232 e. The molecule has 1 aromatic heterocycles. The van der Waals surface area contributed by atoms with Crippen molar-refractivity contribution in [2.45, 2.75) is 20.8 Å². The third-order valence-electron chi connectivity index (χ3n) is 4.33. The molecule has 2 aliphatic heterocycles. The quantitative estimate of drug-likeness (QED) is 0.787. The third-order valence-corrected chi connectivity index (χ3v) is 4.33. The highest BCUT2D eigenvalue weighted by atomic mass is 16.2. The summed E-state index contributed by atoms with van der Waals surface area (Å²) in [4.78, 5) is 32.6. The summed E-state index contributed by atoms with van der Waals surface area (Å²) in [5, 5.41) is 0. The number of anilines is 1. The van der Waals surface area contributed by atoms with E-state index >= 15 is 0 Å². The molecule has 0 spiro atoms. The van der Waals surface area contributed by atoms with Crippen molar-refractivity contribution in [2.24, 2.45) is 17.3 Å². The molecule has 5 nitrogen and oxygen atoms in total. The molecule has 0 aromatic carbocycles. The van der Waals surface area contributed by atoms with E-state index in [0.29, 0.717) is 19.6 Å². The lowest BCUT2D eigenvalue weighted by molar-refractivity contribution is -0.138. The van der Waals surface area contributed by atoms with Gasteiger partial charge in [0.1, 0.15) is 0 Å². The SMILES string of the molecule is CC(C)(C)C(=O)N1C[C@H]2CN(c3cccnc3)C(=O)[C@H]2C1. The number of pyridine rings is 1. The van der Waals surface area contributed by atoms with Crippen LogP contribution in [0.3, 0.4) is 0 Å². The fourth-order valence-electron chi connectivity index (χ4n) is 3.25. The molecule has 0 bridgehead atoms. The standard InChI is InChI=1S/C16H21N3O2/c1-16(2,3)15(21)18-8-11-9-19(14(20)13(11)10-18)12-5-4-6-17-7-12/h4-7,11,13H,8-10H2,1-3H3/t11-,13-/m0/s1. The van der Waals surface area contributed by atoms with Crippen molar-refractivity contribution in [1.82, 2.24) is 9.88 Å². The molecule has 21 heavy (non-hydrogen) atoms. The number of carbonyl (C=O) groups excluding carboxylic acids is 2. The van der Waals surface area contributed by atoms with Crippen LogP contribution in [-0.2, 0) is 9.59 Å². The van der Waals surface area contributed by atoms with Gasteiger partial charge < -0.3 is 9.80 Å². The van der Waals surface area contributed by atoms with Crippen molar-refractivity contribution in [1.29, 1.82) is 0 Å². The Labute approximate surface area is 124 Å². The summed E-state index contributed by atoms with van der Waals surface area (Å²) < 4.78 is 0. The Morgan fingerprint density at radius 3 is 2.62 bits per heavy atom. The van der Waals surface area contributed by atoms with E-state index in [9.17, 15) is 9.59 Å². The van der Waals surface area contributed by atoms with E-state index in [0.717, 1.165) is 5.69 Å². The molecule has 2 atom stereocenters. The molecule has 0 unspecified atom stereocenters. The summed E-state index contributed by atoms with van der Waals surface area (Å²) >= 11 is 0. The molecule has 2 fully saturated rings. The Kier molecular flexibility index (Phi) is 3.23. The van der Waals surface area contributed by atoms with Crippen LogP contribution in [0.1, 0.15) is 20.8 Å². The van der Waals surface area contributed by atoms with Crippen molar-refractivity contribution < 1.29 is 9.59 Å². The summed E-state index contributed by atoms with van der Waals surface area (Å²) in [6.07, 6.45) is 3.42. The summed E-state index contributed by atoms with van der Waals surface area (Å²) in [7, 11) is 0. The number of rotatable bonds is 1. The second-order valence-electron chi connectivity index (χ2n) is 6.99. The van der Waals surface area contributed by atoms with Crippen molar-refractivity contribution in [2.75, 3.05) is 24.5 Å². The fraction of sp³-hybridized carbons (Fsp3) is 0.562. The molecule has 5 heteroatoms. The number of amides is 2. The second kappa shape index (κ2) is 4.83. The molecule has 0 radical (unpaired) electrons. The largest absolute Gasteiger partial charge is 0.341 e. The molecule has 0 N–H and O–H groups in total. The zero-order valence-electron chi connectivity index (χ0n) is 12.7. The molecular weight excluding hydrogens is 266 g/mol. The van der Waals surface area contributed by atoms with Crippen LogP contribution in [0.15, 0.2) is 24.5 Å². The van der Waals surface area contributed by atoms with Gasteiger partial charge in [-0.05, 0) is 12.1 Å². The number of likely N-dealkylation sites (tertiary alicyclic amines) is 1. The highest BCUT2D eigenvalue weighted by Gasteiger charge is 2.48. The fourth-order valence-corrected chi connectivity index (χ4v) is 3.25. The van der Waals surface area contributed by atoms with Gasteiger partial charge in [0, 0.05) is 37.2 Å². The number of nitrogens with zero attached hydrogens (tertiary/aromatic N) is 3. The van der Waals surface area contributed by atoms with E-state index in [1.165, 1.54) is 0 Å². The van der Waals surface area contributed by atoms with E-state index in [1.54, 1.807) is 17.3 Å². The molecule has 2 amide bonds. The first kappa shape index (κ1) is 14.0. The molecule has 0 saturated carbocycles. The van der Waals surface area contributed by atoms with Gasteiger partial charge in [0.15, 0.2) is 0 Å². The maximum Gasteiger partial charge on any atom is 0.232 e. The van der Waals surface area contributed by atoms with Crippen molar-refractivity contribution in [3.63, 3.8) is 0 Å². The van der Waals surface area contributed by atoms with E-state index in [4.69, 9.17) is 0 Å². The zero-order valence-corrected chi connectivity index (χ0v) is 12.7. The Hall–Kier alpha value is -1.91. The van der Waals surface area contributed by atoms with Crippen molar-refractivity contribution in [3.8, 4) is 0 Å². The normalized spacial score (nSPS) is 25.4. The van der Waals surface area contributed by atoms with Gasteiger partial charge in [0.2, 0.25) is 11.8 Å². The Morgan fingerprint density at radius 1 is 1.29 bits per heavy atom. The number of hydrogen-bond donors (Lipinski definition) is 0. The lowest BCUT2D eigenvalue weighted by atomic mass is 9.95. The highest BCUT2D eigenvalue weighted by Crippen LogP contribution is 2.36. The van der Waals surface area contributed by atoms with Gasteiger partial charge >= 0.3 is 0 Å². The average Bonchev–Trinajstić information content (AvgIpc) is 2.98. The van der Waals surface area contributed by atoms with Gasteiger partial charge in [-0.3, -0.25) is 14.6 Å². The molecule has 0 aliphatic carbocycles. The van der Waals surface area contributed by atoms with Gasteiger partial charge in [-0.15, -0.1) is 0 Å². The first-order valence-corrected chi connectivity index (χ1v) is 7.38. The zero-order chi connectivity index (χ0) is 15.2. The molecule has 112 valence electrons. The maximum absolute atomic E-state index is 12.6. The Bertz CT molecular complexity index is 565. The van der Waals surface area contributed by atoms with E-state index in [1.807, 2.05) is 37.8 Å². The topological polar surface area (TPSA) is 53.5 Å². The van der Waals surface area contributed by atoms with Gasteiger partial charge in [0.25, 0.3) is 0 Å². The molecule has 3 rings (SSSR count). The van der Waals surface area contributed by atoms with Crippen LogP contribution < -0.4 is 4.90 Å². The predicted molar refractivity (Wildman–Crippen MR) is 79.6 cm³/mol. The number of carbonyl (C=O) groups is 2. The van der Waals surface area contributed by atoms with Crippen LogP contribution in [0, 0.1) is 17.3 Å². The highest BCUT2D eigenvalue weighted by molar-refractivity contribution is 5.98. The van der Waals surface area contributed by atoms with Gasteiger partial charge in [-0.25, -0.2) is 0 Å².